The molecule has 0 bridgehead atoms. The highest BCUT2D eigenvalue weighted by molar-refractivity contribution is 7.89. The molecule has 1 N–H and O–H groups in total. The van der Waals surface area contributed by atoms with Crippen molar-refractivity contribution in [2.45, 2.75) is 17.7 Å². The Balaban J connectivity index is 1.48. The van der Waals surface area contributed by atoms with Gasteiger partial charge in [-0.25, -0.2) is 22.5 Å². The number of aromatic nitrogens is 3. The second-order valence-corrected chi connectivity index (χ2v) is 10.7. The van der Waals surface area contributed by atoms with Crippen molar-refractivity contribution in [2.75, 3.05) is 39.2 Å². The molecule has 1 aliphatic heterocycles. The van der Waals surface area contributed by atoms with E-state index < -0.39 is 15.4 Å². The maximum atomic E-state index is 13.4. The average Bonchev–Trinajstić information content (AvgIpc) is 3.25. The Bertz CT molecular complexity index is 1340. The number of sulfonamides is 1. The summed E-state index contributed by atoms with van der Waals surface area (Å²) in [4.78, 5) is 4.35. The predicted molar refractivity (Wildman–Crippen MR) is 127 cm³/mol. The highest BCUT2D eigenvalue weighted by Gasteiger charge is 2.46. The van der Waals surface area contributed by atoms with Crippen LogP contribution in [0.25, 0.3) is 11.8 Å². The maximum Gasteiger partial charge on any atom is 0.244 e. The van der Waals surface area contributed by atoms with Gasteiger partial charge in [-0.1, -0.05) is 5.57 Å². The van der Waals surface area contributed by atoms with Gasteiger partial charge in [0.05, 0.1) is 24.2 Å². The molecule has 10 heteroatoms. The summed E-state index contributed by atoms with van der Waals surface area (Å²) in [6.07, 6.45) is 6.48. The standard InChI is InChI=1S/C24H26FN5O3S/c1-26-23-8-7-21(14-27-23)34(31,32)29-10-9-18-11-22-17(12-24(18,15-29)16-33-2)13-28-30(22)20-5-3-19(25)4-6-20/h3-8,11,13-14H,9-10,12,15-16H2,1-2H3,(H,26,27)/t24-/m1/s1. The monoisotopic (exact) mass is 483 g/mol. The van der Waals surface area contributed by atoms with Crippen LogP contribution in [0.1, 0.15) is 17.7 Å². The maximum absolute atomic E-state index is 13.4. The van der Waals surface area contributed by atoms with Gasteiger partial charge in [-0.05, 0) is 60.9 Å². The number of pyridine rings is 1. The molecule has 0 saturated carbocycles. The summed E-state index contributed by atoms with van der Waals surface area (Å²) in [5, 5.41) is 7.44. The molecule has 2 aliphatic rings. The molecule has 1 aliphatic carbocycles. The lowest BCUT2D eigenvalue weighted by Gasteiger charge is -2.45. The lowest BCUT2D eigenvalue weighted by molar-refractivity contribution is 0.0733. The topological polar surface area (TPSA) is 89.4 Å². The van der Waals surface area contributed by atoms with Crippen LogP contribution < -0.4 is 5.32 Å². The van der Waals surface area contributed by atoms with Crippen molar-refractivity contribution in [3.8, 4) is 5.69 Å². The van der Waals surface area contributed by atoms with Gasteiger partial charge in [0.25, 0.3) is 0 Å². The smallest absolute Gasteiger partial charge is 0.244 e. The molecular formula is C24H26FN5O3S. The SMILES string of the molecule is CNc1ccc(S(=O)(=O)N2CCC3=Cc4c(cnn4-c4ccc(F)cc4)C[C@]3(COC)C2)cn1. The Hall–Kier alpha value is -3.08. The van der Waals surface area contributed by atoms with Gasteiger partial charge in [-0.15, -0.1) is 0 Å². The average molecular weight is 484 g/mol. The van der Waals surface area contributed by atoms with Crippen LogP contribution >= 0.6 is 0 Å². The number of fused-ring (bicyclic) bond motifs is 2. The molecule has 3 heterocycles. The number of nitrogens with zero attached hydrogens (tertiary/aromatic N) is 4. The first kappa shape index (κ1) is 22.7. The van der Waals surface area contributed by atoms with Crippen LogP contribution in [0.4, 0.5) is 10.2 Å². The Labute approximate surface area is 198 Å². The third-order valence-electron chi connectivity index (χ3n) is 6.64. The fraction of sp³-hybridized carbons (Fsp3) is 0.333. The minimum atomic E-state index is -3.71. The molecule has 1 fully saturated rings. The molecule has 5 rings (SSSR count). The molecule has 1 aromatic carbocycles. The van der Waals surface area contributed by atoms with E-state index in [4.69, 9.17) is 4.74 Å². The number of piperidine rings is 1. The Morgan fingerprint density at radius 2 is 1.97 bits per heavy atom. The van der Waals surface area contributed by atoms with E-state index in [1.807, 2.05) is 0 Å². The Morgan fingerprint density at radius 3 is 2.65 bits per heavy atom. The number of benzene rings is 1. The summed E-state index contributed by atoms with van der Waals surface area (Å²) in [6.45, 7) is 1.07. The fourth-order valence-corrected chi connectivity index (χ4v) is 6.40. The quantitative estimate of drug-likeness (QED) is 0.580. The van der Waals surface area contributed by atoms with Crippen LogP contribution in [-0.4, -0.2) is 61.3 Å². The summed E-state index contributed by atoms with van der Waals surface area (Å²) >= 11 is 0. The van der Waals surface area contributed by atoms with Gasteiger partial charge in [0.15, 0.2) is 0 Å². The van der Waals surface area contributed by atoms with Gasteiger partial charge in [-0.2, -0.15) is 9.40 Å². The largest absolute Gasteiger partial charge is 0.384 e. The van der Waals surface area contributed by atoms with Gasteiger partial charge >= 0.3 is 0 Å². The van der Waals surface area contributed by atoms with Crippen LogP contribution in [0.5, 0.6) is 0 Å². The molecule has 178 valence electrons. The molecule has 0 spiro atoms. The van der Waals surface area contributed by atoms with Crippen molar-refractivity contribution < 1.29 is 17.5 Å². The summed E-state index contributed by atoms with van der Waals surface area (Å²) in [7, 11) is -0.338. The molecule has 1 saturated heterocycles. The summed E-state index contributed by atoms with van der Waals surface area (Å²) in [5.74, 6) is 0.309. The summed E-state index contributed by atoms with van der Waals surface area (Å²) in [5.41, 5.74) is 3.38. The van der Waals surface area contributed by atoms with E-state index in [1.165, 1.54) is 22.6 Å². The number of nitrogens with one attached hydrogen (secondary N) is 1. The van der Waals surface area contributed by atoms with E-state index >= 15 is 0 Å². The van der Waals surface area contributed by atoms with Gasteiger partial charge in [0, 0.05) is 38.9 Å². The van der Waals surface area contributed by atoms with E-state index in [0.29, 0.717) is 38.4 Å². The van der Waals surface area contributed by atoms with Crippen LogP contribution in [0.3, 0.4) is 0 Å². The molecule has 3 aromatic rings. The van der Waals surface area contributed by atoms with E-state index in [1.54, 1.807) is 49.3 Å². The lowest BCUT2D eigenvalue weighted by atomic mass is 9.69. The lowest BCUT2D eigenvalue weighted by Crippen LogP contribution is -2.51. The number of halogens is 1. The zero-order valence-electron chi connectivity index (χ0n) is 19.0. The molecule has 1 atom stereocenters. The Kier molecular flexibility index (Phi) is 5.75. The van der Waals surface area contributed by atoms with Crippen molar-refractivity contribution in [3.63, 3.8) is 0 Å². The first-order valence-electron chi connectivity index (χ1n) is 11.0. The van der Waals surface area contributed by atoms with Gasteiger partial charge < -0.3 is 10.1 Å². The van der Waals surface area contributed by atoms with Crippen LogP contribution in [0.15, 0.2) is 59.3 Å². The number of hydrogen-bond donors (Lipinski definition) is 1. The molecule has 2 aromatic heterocycles. The van der Waals surface area contributed by atoms with Crippen molar-refractivity contribution in [1.29, 1.82) is 0 Å². The minimum absolute atomic E-state index is 0.173. The van der Waals surface area contributed by atoms with Crippen molar-refractivity contribution in [2.24, 2.45) is 5.41 Å². The minimum Gasteiger partial charge on any atom is -0.384 e. The van der Waals surface area contributed by atoms with Crippen LogP contribution in [0.2, 0.25) is 0 Å². The van der Waals surface area contributed by atoms with Crippen LogP contribution in [-0.2, 0) is 21.2 Å². The number of anilines is 1. The second kappa shape index (κ2) is 8.61. The summed E-state index contributed by atoms with van der Waals surface area (Å²) in [6, 6.07) is 9.45. The fourth-order valence-electron chi connectivity index (χ4n) is 4.92. The normalized spacial score (nSPS) is 20.4. The third kappa shape index (κ3) is 3.81. The highest BCUT2D eigenvalue weighted by Crippen LogP contribution is 2.45. The molecule has 34 heavy (non-hydrogen) atoms. The van der Waals surface area contributed by atoms with Crippen molar-refractivity contribution in [1.82, 2.24) is 19.1 Å². The highest BCUT2D eigenvalue weighted by atomic mass is 32.2. The summed E-state index contributed by atoms with van der Waals surface area (Å²) < 4.78 is 49.2. The zero-order valence-corrected chi connectivity index (χ0v) is 19.8. The second-order valence-electron chi connectivity index (χ2n) is 8.72. The van der Waals surface area contributed by atoms with E-state index in [2.05, 4.69) is 21.5 Å². The van der Waals surface area contributed by atoms with Crippen molar-refractivity contribution >= 4 is 21.9 Å². The third-order valence-corrected chi connectivity index (χ3v) is 8.47. The first-order valence-corrected chi connectivity index (χ1v) is 12.5. The first-order chi connectivity index (χ1) is 16.4. The molecular weight excluding hydrogens is 457 g/mol. The number of methoxy groups -OCH3 is 1. The molecule has 8 nitrogen and oxygen atoms in total. The van der Waals surface area contributed by atoms with E-state index in [-0.39, 0.29) is 10.7 Å². The molecule has 0 unspecified atom stereocenters. The number of rotatable bonds is 6. The predicted octanol–water partition coefficient (Wildman–Crippen LogP) is 3.12. The zero-order chi connectivity index (χ0) is 23.9. The molecule has 0 radical (unpaired) electrons. The molecule has 0 amide bonds. The van der Waals surface area contributed by atoms with E-state index in [9.17, 15) is 12.8 Å². The van der Waals surface area contributed by atoms with Crippen molar-refractivity contribution in [3.05, 3.63) is 71.4 Å². The van der Waals surface area contributed by atoms with Gasteiger partial charge in [0.2, 0.25) is 10.0 Å². The van der Waals surface area contributed by atoms with Gasteiger partial charge in [0.1, 0.15) is 16.5 Å². The Morgan fingerprint density at radius 1 is 1.18 bits per heavy atom. The number of ether oxygens (including phenoxy) is 1. The number of hydrogen-bond acceptors (Lipinski definition) is 6. The van der Waals surface area contributed by atoms with E-state index in [0.717, 1.165) is 22.5 Å². The van der Waals surface area contributed by atoms with Crippen LogP contribution in [0, 0.1) is 11.2 Å². The van der Waals surface area contributed by atoms with Gasteiger partial charge in [-0.3, -0.25) is 0 Å².